The third kappa shape index (κ3) is 2.22. The summed E-state index contributed by atoms with van der Waals surface area (Å²) in [4.78, 5) is 11.8. The van der Waals surface area contributed by atoms with Gasteiger partial charge in [-0.1, -0.05) is 31.6 Å². The molecule has 2 fully saturated rings. The fourth-order valence-electron chi connectivity index (χ4n) is 6.45. The average Bonchev–Trinajstić information content (AvgIpc) is 2.90. The summed E-state index contributed by atoms with van der Waals surface area (Å²) in [7, 11) is 0. The van der Waals surface area contributed by atoms with Crippen LogP contribution in [0.4, 0.5) is 0 Å². The van der Waals surface area contributed by atoms with Gasteiger partial charge in [0, 0.05) is 6.42 Å². The second-order valence-electron chi connectivity index (χ2n) is 8.54. The van der Waals surface area contributed by atoms with Crippen molar-refractivity contribution in [3.05, 3.63) is 34.9 Å². The molecule has 23 heavy (non-hydrogen) atoms. The Kier molecular flexibility index (Phi) is 3.66. The molecule has 0 heterocycles. The standard InChI is InChI=1S/C22H30O/c1-4-14(2)20-9-10-21-19-7-5-15-13-16(23)6-8-17(15)18(19)11-12-22(20,21)3/h13,19-21H,2,4-12H2,1,3H3/t19-,20-,21+,22-/m1/s1. The topological polar surface area (TPSA) is 17.1 Å². The van der Waals surface area contributed by atoms with E-state index in [1.165, 1.54) is 43.3 Å². The summed E-state index contributed by atoms with van der Waals surface area (Å²) in [6, 6.07) is 0. The first-order valence-electron chi connectivity index (χ1n) is 9.68. The highest BCUT2D eigenvalue weighted by Crippen LogP contribution is 2.63. The normalized spacial score (nSPS) is 39.5. The molecule has 0 aromatic heterocycles. The molecule has 4 rings (SSSR count). The lowest BCUT2D eigenvalue weighted by Crippen LogP contribution is -2.40. The Morgan fingerprint density at radius 3 is 2.83 bits per heavy atom. The van der Waals surface area contributed by atoms with Crippen LogP contribution in [0, 0.1) is 23.2 Å². The molecule has 0 bridgehead atoms. The van der Waals surface area contributed by atoms with E-state index in [2.05, 4.69) is 20.4 Å². The van der Waals surface area contributed by atoms with E-state index in [0.717, 1.165) is 43.4 Å². The minimum Gasteiger partial charge on any atom is -0.295 e. The molecule has 4 atom stereocenters. The Bertz CT molecular complexity index is 620. The van der Waals surface area contributed by atoms with E-state index in [9.17, 15) is 4.79 Å². The van der Waals surface area contributed by atoms with Crippen molar-refractivity contribution < 1.29 is 4.79 Å². The van der Waals surface area contributed by atoms with Gasteiger partial charge in [0.2, 0.25) is 0 Å². The molecule has 0 spiro atoms. The Morgan fingerprint density at radius 2 is 2.04 bits per heavy atom. The van der Waals surface area contributed by atoms with Gasteiger partial charge in [0.1, 0.15) is 0 Å². The van der Waals surface area contributed by atoms with Crippen LogP contribution in [0.3, 0.4) is 0 Å². The van der Waals surface area contributed by atoms with Gasteiger partial charge < -0.3 is 0 Å². The molecule has 2 saturated carbocycles. The van der Waals surface area contributed by atoms with Crippen LogP contribution < -0.4 is 0 Å². The summed E-state index contributed by atoms with van der Waals surface area (Å²) < 4.78 is 0. The van der Waals surface area contributed by atoms with Gasteiger partial charge in [0.15, 0.2) is 5.78 Å². The van der Waals surface area contributed by atoms with Gasteiger partial charge in [0.25, 0.3) is 0 Å². The molecule has 1 nitrogen and oxygen atoms in total. The molecular formula is C22H30O. The summed E-state index contributed by atoms with van der Waals surface area (Å²) in [5.41, 5.74) is 6.71. The Balaban J connectivity index is 1.69. The summed E-state index contributed by atoms with van der Waals surface area (Å²) >= 11 is 0. The number of ketones is 1. The maximum atomic E-state index is 11.8. The second kappa shape index (κ2) is 5.46. The summed E-state index contributed by atoms with van der Waals surface area (Å²) in [5, 5.41) is 0. The molecule has 0 N–H and O–H groups in total. The zero-order valence-electron chi connectivity index (χ0n) is 14.8. The third-order valence-electron chi connectivity index (χ3n) is 7.68. The smallest absolute Gasteiger partial charge is 0.156 e. The molecule has 4 aliphatic carbocycles. The first-order chi connectivity index (χ1) is 11.0. The molecular weight excluding hydrogens is 280 g/mol. The van der Waals surface area contributed by atoms with Gasteiger partial charge in [-0.25, -0.2) is 0 Å². The van der Waals surface area contributed by atoms with Gasteiger partial charge in [-0.2, -0.15) is 0 Å². The summed E-state index contributed by atoms with van der Waals surface area (Å²) in [5.74, 6) is 2.74. The zero-order chi connectivity index (χ0) is 16.2. The predicted molar refractivity (Wildman–Crippen MR) is 95.1 cm³/mol. The fourth-order valence-corrected chi connectivity index (χ4v) is 6.45. The molecule has 0 aliphatic heterocycles. The van der Waals surface area contributed by atoms with Crippen molar-refractivity contribution in [3.63, 3.8) is 0 Å². The van der Waals surface area contributed by atoms with Crippen LogP contribution in [0.2, 0.25) is 0 Å². The SMILES string of the molecule is C=C(CC)[C@H]1CC[C@H]2[C@@H]3CCC4=CC(=O)CCC4=C3CC[C@]12C. The van der Waals surface area contributed by atoms with Crippen LogP contribution in [-0.2, 0) is 4.79 Å². The minimum atomic E-state index is 0.351. The highest BCUT2D eigenvalue weighted by molar-refractivity contribution is 5.93. The van der Waals surface area contributed by atoms with E-state index in [4.69, 9.17) is 0 Å². The Morgan fingerprint density at radius 1 is 1.22 bits per heavy atom. The maximum absolute atomic E-state index is 11.8. The maximum Gasteiger partial charge on any atom is 0.156 e. The lowest BCUT2D eigenvalue weighted by atomic mass is 9.55. The van der Waals surface area contributed by atoms with Crippen LogP contribution in [0.5, 0.6) is 0 Å². The van der Waals surface area contributed by atoms with E-state index in [1.807, 2.05) is 6.08 Å². The van der Waals surface area contributed by atoms with Gasteiger partial charge in [-0.15, -0.1) is 0 Å². The van der Waals surface area contributed by atoms with Gasteiger partial charge in [-0.3, -0.25) is 4.79 Å². The van der Waals surface area contributed by atoms with Gasteiger partial charge >= 0.3 is 0 Å². The van der Waals surface area contributed by atoms with E-state index in [-0.39, 0.29) is 0 Å². The molecule has 1 heteroatoms. The highest BCUT2D eigenvalue weighted by atomic mass is 16.1. The highest BCUT2D eigenvalue weighted by Gasteiger charge is 2.53. The molecule has 0 amide bonds. The van der Waals surface area contributed by atoms with Crippen LogP contribution >= 0.6 is 0 Å². The molecule has 0 aromatic rings. The van der Waals surface area contributed by atoms with Gasteiger partial charge in [-0.05, 0) is 91.8 Å². The van der Waals surface area contributed by atoms with Crippen molar-refractivity contribution in [1.29, 1.82) is 0 Å². The number of carbonyl (C=O) groups excluding carboxylic acids is 1. The largest absolute Gasteiger partial charge is 0.295 e. The van der Waals surface area contributed by atoms with Crippen molar-refractivity contribution in [1.82, 2.24) is 0 Å². The molecule has 0 radical (unpaired) electrons. The van der Waals surface area contributed by atoms with Crippen molar-refractivity contribution in [2.75, 3.05) is 0 Å². The lowest BCUT2D eigenvalue weighted by molar-refractivity contribution is -0.114. The monoisotopic (exact) mass is 310 g/mol. The fraction of sp³-hybridized carbons (Fsp3) is 0.682. The minimum absolute atomic E-state index is 0.351. The van der Waals surface area contributed by atoms with E-state index in [1.54, 1.807) is 11.1 Å². The van der Waals surface area contributed by atoms with Gasteiger partial charge in [0.05, 0.1) is 0 Å². The summed E-state index contributed by atoms with van der Waals surface area (Å²) in [6.07, 6.45) is 12.6. The van der Waals surface area contributed by atoms with Crippen LogP contribution in [0.25, 0.3) is 0 Å². The number of carbonyl (C=O) groups is 1. The first-order valence-corrected chi connectivity index (χ1v) is 9.68. The van der Waals surface area contributed by atoms with E-state index < -0.39 is 0 Å². The molecule has 0 aromatic carbocycles. The lowest BCUT2D eigenvalue weighted by Gasteiger charge is -2.49. The number of hydrogen-bond donors (Lipinski definition) is 0. The molecule has 0 saturated heterocycles. The van der Waals surface area contributed by atoms with E-state index >= 15 is 0 Å². The number of fused-ring (bicyclic) bond motifs is 4. The van der Waals surface area contributed by atoms with Crippen molar-refractivity contribution in [2.45, 2.75) is 71.6 Å². The quantitative estimate of drug-likeness (QED) is 0.591. The third-order valence-corrected chi connectivity index (χ3v) is 7.68. The molecule has 0 unspecified atom stereocenters. The zero-order valence-corrected chi connectivity index (χ0v) is 14.8. The first kappa shape index (κ1) is 15.4. The van der Waals surface area contributed by atoms with Crippen molar-refractivity contribution in [2.24, 2.45) is 23.2 Å². The number of allylic oxidation sites excluding steroid dienone is 5. The second-order valence-corrected chi connectivity index (χ2v) is 8.54. The number of hydrogen-bond acceptors (Lipinski definition) is 1. The van der Waals surface area contributed by atoms with Crippen LogP contribution in [-0.4, -0.2) is 5.78 Å². The molecule has 4 aliphatic rings. The average molecular weight is 310 g/mol. The van der Waals surface area contributed by atoms with Crippen molar-refractivity contribution >= 4 is 5.78 Å². The Hall–Kier alpha value is -1.11. The predicted octanol–water partition coefficient (Wildman–Crippen LogP) is 5.77. The molecule has 124 valence electrons. The van der Waals surface area contributed by atoms with Crippen molar-refractivity contribution in [3.8, 4) is 0 Å². The van der Waals surface area contributed by atoms with Crippen LogP contribution in [0.1, 0.15) is 71.6 Å². The Labute approximate surface area is 140 Å². The number of rotatable bonds is 2. The summed E-state index contributed by atoms with van der Waals surface area (Å²) in [6.45, 7) is 9.24. The van der Waals surface area contributed by atoms with Crippen LogP contribution in [0.15, 0.2) is 34.9 Å². The van der Waals surface area contributed by atoms with E-state index in [0.29, 0.717) is 11.2 Å².